The zero-order chi connectivity index (χ0) is 21.5. The van der Waals surface area contributed by atoms with Crippen LogP contribution in [-0.2, 0) is 6.18 Å². The van der Waals surface area contributed by atoms with Crippen molar-refractivity contribution >= 4 is 22.3 Å². The summed E-state index contributed by atoms with van der Waals surface area (Å²) in [6.07, 6.45) is -1.74. The van der Waals surface area contributed by atoms with Crippen LogP contribution < -0.4 is 5.32 Å². The third-order valence-electron chi connectivity index (χ3n) is 4.51. The molecular weight excluding hydrogens is 403 g/mol. The van der Waals surface area contributed by atoms with E-state index in [0.29, 0.717) is 16.8 Å². The monoisotopic (exact) mass is 416 g/mol. The van der Waals surface area contributed by atoms with E-state index in [1.807, 2.05) is 0 Å². The Morgan fingerprint density at radius 3 is 2.27 bits per heavy atom. The van der Waals surface area contributed by atoms with Crippen LogP contribution in [0.4, 0.5) is 33.5 Å². The number of alkyl halides is 3. The van der Waals surface area contributed by atoms with E-state index < -0.39 is 23.4 Å². The van der Waals surface area contributed by atoms with Crippen LogP contribution in [0.15, 0.2) is 54.9 Å². The number of fused-ring (bicyclic) bond motifs is 1. The Bertz CT molecular complexity index is 1240. The van der Waals surface area contributed by atoms with Gasteiger partial charge in [-0.25, -0.2) is 8.78 Å². The molecule has 2 aromatic carbocycles. The Balaban J connectivity index is 1.72. The highest BCUT2D eigenvalue weighted by Crippen LogP contribution is 2.33. The Kier molecular flexibility index (Phi) is 4.81. The molecule has 30 heavy (non-hydrogen) atoms. The SMILES string of the molecule is Cc1cc2c(Nc3cc(-c4ccc(C(F)(F)F)cc4)cnn3)c(F)cc(F)c2cn1. The minimum atomic E-state index is -4.43. The smallest absolute Gasteiger partial charge is 0.336 e. The Morgan fingerprint density at radius 2 is 1.57 bits per heavy atom. The summed E-state index contributed by atoms with van der Waals surface area (Å²) in [5, 5.41) is 10.9. The number of pyridine rings is 1. The number of aryl methyl sites for hydroxylation is 1. The van der Waals surface area contributed by atoms with Crippen LogP contribution in [0.2, 0.25) is 0 Å². The van der Waals surface area contributed by atoms with E-state index in [0.717, 1.165) is 18.2 Å². The number of nitrogens with one attached hydrogen (secondary N) is 1. The molecule has 2 aromatic heterocycles. The number of hydrogen-bond donors (Lipinski definition) is 1. The standard InChI is InChI=1S/C21H13F5N4/c1-11-6-15-16(10-27-11)17(22)8-18(23)20(15)29-19-7-13(9-28-30-19)12-2-4-14(5-3-12)21(24,25)26/h2-10H,1H3,(H,29,30). The number of anilines is 2. The summed E-state index contributed by atoms with van der Waals surface area (Å²) in [6, 6.07) is 8.35. The van der Waals surface area contributed by atoms with E-state index in [1.165, 1.54) is 36.7 Å². The first kappa shape index (κ1) is 19.7. The van der Waals surface area contributed by atoms with E-state index >= 15 is 0 Å². The van der Waals surface area contributed by atoms with E-state index in [2.05, 4.69) is 20.5 Å². The third kappa shape index (κ3) is 3.78. The van der Waals surface area contributed by atoms with Crippen LogP contribution in [0.3, 0.4) is 0 Å². The predicted octanol–water partition coefficient (Wildman–Crippen LogP) is 6.04. The van der Waals surface area contributed by atoms with Crippen LogP contribution >= 0.6 is 0 Å². The molecule has 4 rings (SSSR count). The second-order valence-corrected chi connectivity index (χ2v) is 6.62. The zero-order valence-electron chi connectivity index (χ0n) is 15.4. The second kappa shape index (κ2) is 7.33. The van der Waals surface area contributed by atoms with Gasteiger partial charge in [0.05, 0.1) is 17.4 Å². The van der Waals surface area contributed by atoms with Gasteiger partial charge in [-0.05, 0) is 36.8 Å². The summed E-state index contributed by atoms with van der Waals surface area (Å²) in [7, 11) is 0. The fourth-order valence-electron chi connectivity index (χ4n) is 3.04. The van der Waals surface area contributed by atoms with Gasteiger partial charge in [0.2, 0.25) is 0 Å². The maximum Gasteiger partial charge on any atom is 0.416 e. The normalized spacial score (nSPS) is 11.7. The predicted molar refractivity (Wildman–Crippen MR) is 102 cm³/mol. The van der Waals surface area contributed by atoms with Gasteiger partial charge >= 0.3 is 6.18 Å². The third-order valence-corrected chi connectivity index (χ3v) is 4.51. The van der Waals surface area contributed by atoms with Crippen molar-refractivity contribution in [3.05, 3.63) is 77.8 Å². The van der Waals surface area contributed by atoms with Crippen molar-refractivity contribution in [2.75, 3.05) is 5.32 Å². The molecular formula is C21H13F5N4. The lowest BCUT2D eigenvalue weighted by Gasteiger charge is -2.12. The van der Waals surface area contributed by atoms with Gasteiger partial charge in [0.1, 0.15) is 11.6 Å². The molecule has 0 aliphatic heterocycles. The lowest BCUT2D eigenvalue weighted by atomic mass is 10.1. The highest BCUT2D eigenvalue weighted by molar-refractivity contribution is 5.95. The quantitative estimate of drug-likeness (QED) is 0.414. The van der Waals surface area contributed by atoms with E-state index in [9.17, 15) is 22.0 Å². The number of benzene rings is 2. The van der Waals surface area contributed by atoms with Gasteiger partial charge in [0.15, 0.2) is 5.82 Å². The summed E-state index contributed by atoms with van der Waals surface area (Å²) in [4.78, 5) is 4.03. The summed E-state index contributed by atoms with van der Waals surface area (Å²) in [6.45, 7) is 1.69. The van der Waals surface area contributed by atoms with E-state index in [-0.39, 0.29) is 22.3 Å². The first-order valence-corrected chi connectivity index (χ1v) is 8.74. The van der Waals surface area contributed by atoms with E-state index in [1.54, 1.807) is 6.92 Å². The highest BCUT2D eigenvalue weighted by atomic mass is 19.4. The average Bonchev–Trinajstić information content (AvgIpc) is 2.70. The van der Waals surface area contributed by atoms with Crippen LogP contribution in [0, 0.1) is 18.6 Å². The Morgan fingerprint density at radius 1 is 0.833 bits per heavy atom. The van der Waals surface area contributed by atoms with Crippen molar-refractivity contribution in [1.29, 1.82) is 0 Å². The molecule has 1 N–H and O–H groups in total. The maximum absolute atomic E-state index is 14.5. The van der Waals surface area contributed by atoms with Crippen LogP contribution in [0.5, 0.6) is 0 Å². The molecule has 0 radical (unpaired) electrons. The highest BCUT2D eigenvalue weighted by Gasteiger charge is 2.30. The number of rotatable bonds is 3. The van der Waals surface area contributed by atoms with Gasteiger partial charge in [-0.1, -0.05) is 12.1 Å². The van der Waals surface area contributed by atoms with Gasteiger partial charge < -0.3 is 5.32 Å². The topological polar surface area (TPSA) is 50.7 Å². The Labute approximate surface area is 167 Å². The zero-order valence-corrected chi connectivity index (χ0v) is 15.4. The molecule has 0 saturated heterocycles. The molecule has 0 fully saturated rings. The Hall–Kier alpha value is -3.62. The molecule has 0 aliphatic carbocycles. The van der Waals surface area contributed by atoms with Gasteiger partial charge in [-0.3, -0.25) is 4.98 Å². The average molecular weight is 416 g/mol. The molecule has 0 saturated carbocycles. The summed E-state index contributed by atoms with van der Waals surface area (Å²) in [5.41, 5.74) is 0.752. The number of hydrogen-bond acceptors (Lipinski definition) is 4. The first-order chi connectivity index (χ1) is 14.2. The first-order valence-electron chi connectivity index (χ1n) is 8.74. The lowest BCUT2D eigenvalue weighted by molar-refractivity contribution is -0.137. The molecule has 4 aromatic rings. The maximum atomic E-state index is 14.5. The minimum Gasteiger partial charge on any atom is -0.336 e. The molecule has 0 bridgehead atoms. The van der Waals surface area contributed by atoms with Crippen LogP contribution in [-0.4, -0.2) is 15.2 Å². The van der Waals surface area contributed by atoms with Crippen molar-refractivity contribution in [2.45, 2.75) is 13.1 Å². The van der Waals surface area contributed by atoms with Gasteiger partial charge in [-0.15, -0.1) is 5.10 Å². The number of aromatic nitrogens is 3. The molecule has 0 atom stereocenters. The number of halogens is 5. The van der Waals surface area contributed by atoms with Crippen molar-refractivity contribution in [1.82, 2.24) is 15.2 Å². The molecule has 9 heteroatoms. The van der Waals surface area contributed by atoms with Crippen LogP contribution in [0.25, 0.3) is 21.9 Å². The van der Waals surface area contributed by atoms with Crippen molar-refractivity contribution in [3.8, 4) is 11.1 Å². The summed E-state index contributed by atoms with van der Waals surface area (Å²) in [5.74, 6) is -1.42. The summed E-state index contributed by atoms with van der Waals surface area (Å²) < 4.78 is 66.8. The van der Waals surface area contributed by atoms with Gasteiger partial charge in [-0.2, -0.15) is 18.3 Å². The number of nitrogens with zero attached hydrogens (tertiary/aromatic N) is 3. The second-order valence-electron chi connectivity index (χ2n) is 6.62. The lowest BCUT2D eigenvalue weighted by Crippen LogP contribution is -2.04. The van der Waals surface area contributed by atoms with Crippen molar-refractivity contribution < 1.29 is 22.0 Å². The molecule has 0 spiro atoms. The summed E-state index contributed by atoms with van der Waals surface area (Å²) >= 11 is 0. The molecule has 2 heterocycles. The largest absolute Gasteiger partial charge is 0.416 e. The fourth-order valence-corrected chi connectivity index (χ4v) is 3.04. The van der Waals surface area contributed by atoms with Crippen molar-refractivity contribution in [3.63, 3.8) is 0 Å². The van der Waals surface area contributed by atoms with E-state index in [4.69, 9.17) is 0 Å². The minimum absolute atomic E-state index is 0.00392. The molecule has 0 amide bonds. The van der Waals surface area contributed by atoms with Gasteiger partial charge in [0.25, 0.3) is 0 Å². The fraction of sp³-hybridized carbons (Fsp3) is 0.0952. The molecule has 152 valence electrons. The molecule has 0 aliphatic rings. The van der Waals surface area contributed by atoms with Crippen molar-refractivity contribution in [2.24, 2.45) is 0 Å². The van der Waals surface area contributed by atoms with Gasteiger partial charge in [0, 0.05) is 34.3 Å². The van der Waals surface area contributed by atoms with Crippen LogP contribution in [0.1, 0.15) is 11.3 Å². The molecule has 4 nitrogen and oxygen atoms in total. The molecule has 0 unspecified atom stereocenters.